The van der Waals surface area contributed by atoms with Crippen molar-refractivity contribution in [3.8, 4) is 5.75 Å². The van der Waals surface area contributed by atoms with Crippen LogP contribution in [0.3, 0.4) is 0 Å². The lowest BCUT2D eigenvalue weighted by Gasteiger charge is -2.07. The van der Waals surface area contributed by atoms with E-state index in [0.717, 1.165) is 22.9 Å². The lowest BCUT2D eigenvalue weighted by Crippen LogP contribution is -2.26. The quantitative estimate of drug-likeness (QED) is 0.717. The number of carbonyl (C=O) groups excluding carboxylic acids is 2. The first kappa shape index (κ1) is 18.1. The minimum atomic E-state index is -0.212. The highest BCUT2D eigenvalue weighted by atomic mass is 35.5. The molecule has 0 unspecified atom stereocenters. The third-order valence-corrected chi connectivity index (χ3v) is 4.10. The molecule has 1 aromatic carbocycles. The highest BCUT2D eigenvalue weighted by Gasteiger charge is 2.18. The zero-order valence-electron chi connectivity index (χ0n) is 14.1. The van der Waals surface area contributed by atoms with Crippen LogP contribution in [0.4, 0.5) is 0 Å². The first-order chi connectivity index (χ1) is 11.5. The third-order valence-electron chi connectivity index (χ3n) is 3.81. The number of aromatic nitrogens is 1. The normalized spacial score (nSPS) is 10.7. The SMILES string of the molecule is CCCC(=O)NCCc1c(C(=O)NC)[nH]c2cc(Cl)c(OC)cc12. The van der Waals surface area contributed by atoms with Crippen molar-refractivity contribution in [2.45, 2.75) is 26.2 Å². The maximum atomic E-state index is 12.1. The number of carbonyl (C=O) groups is 2. The number of rotatable bonds is 7. The van der Waals surface area contributed by atoms with Gasteiger partial charge in [-0.1, -0.05) is 18.5 Å². The minimum Gasteiger partial charge on any atom is -0.495 e. The topological polar surface area (TPSA) is 83.2 Å². The molecule has 0 saturated carbocycles. The number of H-pyrrole nitrogens is 1. The molecule has 0 fully saturated rings. The summed E-state index contributed by atoms with van der Waals surface area (Å²) in [6.07, 6.45) is 1.83. The lowest BCUT2D eigenvalue weighted by molar-refractivity contribution is -0.121. The Morgan fingerprint density at radius 3 is 2.71 bits per heavy atom. The average Bonchev–Trinajstić information content (AvgIpc) is 2.91. The number of benzene rings is 1. The van der Waals surface area contributed by atoms with E-state index in [0.29, 0.717) is 35.9 Å². The monoisotopic (exact) mass is 351 g/mol. The number of halogens is 1. The predicted octanol–water partition coefficient (Wildman–Crippen LogP) is 2.65. The Bertz CT molecular complexity index is 755. The minimum absolute atomic E-state index is 0.0134. The van der Waals surface area contributed by atoms with Gasteiger partial charge in [0.25, 0.3) is 5.91 Å². The molecule has 0 aliphatic rings. The van der Waals surface area contributed by atoms with Crippen LogP contribution < -0.4 is 15.4 Å². The molecule has 2 rings (SSSR count). The maximum absolute atomic E-state index is 12.1. The van der Waals surface area contributed by atoms with Crippen LogP contribution in [0.25, 0.3) is 10.9 Å². The second kappa shape index (κ2) is 8.06. The molecule has 24 heavy (non-hydrogen) atoms. The van der Waals surface area contributed by atoms with Gasteiger partial charge in [0, 0.05) is 30.9 Å². The Balaban J connectivity index is 2.36. The van der Waals surface area contributed by atoms with Crippen LogP contribution >= 0.6 is 11.6 Å². The summed E-state index contributed by atoms with van der Waals surface area (Å²) < 4.78 is 5.26. The molecule has 0 atom stereocenters. The average molecular weight is 352 g/mol. The van der Waals surface area contributed by atoms with Crippen LogP contribution in [0.15, 0.2) is 12.1 Å². The van der Waals surface area contributed by atoms with E-state index >= 15 is 0 Å². The summed E-state index contributed by atoms with van der Waals surface area (Å²) in [6.45, 7) is 2.42. The van der Waals surface area contributed by atoms with Crippen LogP contribution in [0, 0.1) is 0 Å². The molecule has 130 valence electrons. The fourth-order valence-electron chi connectivity index (χ4n) is 2.63. The van der Waals surface area contributed by atoms with E-state index in [1.807, 2.05) is 13.0 Å². The van der Waals surface area contributed by atoms with Gasteiger partial charge < -0.3 is 20.4 Å². The first-order valence-corrected chi connectivity index (χ1v) is 8.26. The number of hydrogen-bond donors (Lipinski definition) is 3. The number of amides is 2. The van der Waals surface area contributed by atoms with E-state index in [1.54, 1.807) is 20.2 Å². The highest BCUT2D eigenvalue weighted by Crippen LogP contribution is 2.33. The Morgan fingerprint density at radius 1 is 1.33 bits per heavy atom. The molecule has 3 N–H and O–H groups in total. The lowest BCUT2D eigenvalue weighted by atomic mass is 10.1. The van der Waals surface area contributed by atoms with Crippen LogP contribution in [0.2, 0.25) is 5.02 Å². The molecule has 0 bridgehead atoms. The molecule has 1 aromatic heterocycles. The molecule has 0 aliphatic carbocycles. The summed E-state index contributed by atoms with van der Waals surface area (Å²) in [6, 6.07) is 3.55. The van der Waals surface area contributed by atoms with Crippen molar-refractivity contribution < 1.29 is 14.3 Å². The molecule has 2 aromatic rings. The summed E-state index contributed by atoms with van der Waals surface area (Å²) in [5, 5.41) is 6.82. The van der Waals surface area contributed by atoms with Crippen molar-refractivity contribution in [1.29, 1.82) is 0 Å². The maximum Gasteiger partial charge on any atom is 0.267 e. The molecular weight excluding hydrogens is 330 g/mol. The number of aromatic amines is 1. The van der Waals surface area contributed by atoms with Gasteiger partial charge in [-0.05, 0) is 30.5 Å². The van der Waals surface area contributed by atoms with Gasteiger partial charge in [0.2, 0.25) is 5.91 Å². The molecule has 0 spiro atoms. The summed E-state index contributed by atoms with van der Waals surface area (Å²) in [7, 11) is 3.12. The van der Waals surface area contributed by atoms with Crippen LogP contribution in [-0.2, 0) is 11.2 Å². The van der Waals surface area contributed by atoms with Crippen molar-refractivity contribution in [3.05, 3.63) is 28.4 Å². The Kier molecular flexibility index (Phi) is 6.09. The van der Waals surface area contributed by atoms with Crippen LogP contribution in [0.1, 0.15) is 35.8 Å². The number of nitrogens with one attached hydrogen (secondary N) is 3. The summed E-state index contributed by atoms with van der Waals surface area (Å²) in [5.41, 5.74) is 2.06. The van der Waals surface area contributed by atoms with E-state index < -0.39 is 0 Å². The highest BCUT2D eigenvalue weighted by molar-refractivity contribution is 6.32. The van der Waals surface area contributed by atoms with E-state index in [-0.39, 0.29) is 11.8 Å². The standard InChI is InChI=1S/C17H22ClN3O3/c1-4-5-15(22)20-7-6-10-11-8-14(24-3)12(18)9-13(11)21-16(10)17(23)19-2/h8-9,21H,4-7H2,1-3H3,(H,19,23)(H,20,22). The molecule has 2 amide bonds. The Labute approximate surface area is 145 Å². The largest absolute Gasteiger partial charge is 0.495 e. The molecular formula is C17H22ClN3O3. The molecule has 0 saturated heterocycles. The molecule has 6 nitrogen and oxygen atoms in total. The number of ether oxygens (including phenoxy) is 1. The van der Waals surface area contributed by atoms with Gasteiger partial charge in [-0.25, -0.2) is 0 Å². The fraction of sp³-hybridized carbons (Fsp3) is 0.412. The summed E-state index contributed by atoms with van der Waals surface area (Å²) >= 11 is 6.16. The number of hydrogen-bond acceptors (Lipinski definition) is 3. The molecule has 0 radical (unpaired) electrons. The number of fused-ring (bicyclic) bond motifs is 1. The van der Waals surface area contributed by atoms with Crippen LogP contribution in [0.5, 0.6) is 5.75 Å². The van der Waals surface area contributed by atoms with Gasteiger partial charge in [0.05, 0.1) is 12.1 Å². The molecule has 0 aliphatic heterocycles. The van der Waals surface area contributed by atoms with Gasteiger partial charge in [0.1, 0.15) is 11.4 Å². The van der Waals surface area contributed by atoms with Crippen molar-refractivity contribution in [3.63, 3.8) is 0 Å². The smallest absolute Gasteiger partial charge is 0.267 e. The summed E-state index contributed by atoms with van der Waals surface area (Å²) in [5.74, 6) is 0.346. The summed E-state index contributed by atoms with van der Waals surface area (Å²) in [4.78, 5) is 26.9. The van der Waals surface area contributed by atoms with E-state index in [4.69, 9.17) is 16.3 Å². The number of methoxy groups -OCH3 is 1. The van der Waals surface area contributed by atoms with Gasteiger partial charge in [0.15, 0.2) is 0 Å². The molecule has 7 heteroatoms. The second-order valence-electron chi connectivity index (χ2n) is 5.44. The van der Waals surface area contributed by atoms with Gasteiger partial charge in [-0.15, -0.1) is 0 Å². The molecule has 1 heterocycles. The zero-order chi connectivity index (χ0) is 17.7. The van der Waals surface area contributed by atoms with Crippen molar-refractivity contribution in [2.75, 3.05) is 20.7 Å². The Morgan fingerprint density at radius 2 is 2.08 bits per heavy atom. The fourth-order valence-corrected chi connectivity index (χ4v) is 2.87. The zero-order valence-corrected chi connectivity index (χ0v) is 14.8. The van der Waals surface area contributed by atoms with E-state index in [9.17, 15) is 9.59 Å². The van der Waals surface area contributed by atoms with Crippen LogP contribution in [-0.4, -0.2) is 37.5 Å². The van der Waals surface area contributed by atoms with Gasteiger partial charge in [-0.3, -0.25) is 9.59 Å². The van der Waals surface area contributed by atoms with Gasteiger partial charge >= 0.3 is 0 Å². The predicted molar refractivity (Wildman–Crippen MR) is 94.9 cm³/mol. The van der Waals surface area contributed by atoms with E-state index in [1.165, 1.54) is 0 Å². The van der Waals surface area contributed by atoms with E-state index in [2.05, 4.69) is 15.6 Å². The van der Waals surface area contributed by atoms with Crippen molar-refractivity contribution in [2.24, 2.45) is 0 Å². The Hall–Kier alpha value is -2.21. The second-order valence-corrected chi connectivity index (χ2v) is 5.85. The third kappa shape index (κ3) is 3.82. The first-order valence-electron chi connectivity index (χ1n) is 7.88. The van der Waals surface area contributed by atoms with Gasteiger partial charge in [-0.2, -0.15) is 0 Å². The van der Waals surface area contributed by atoms with Crippen molar-refractivity contribution in [1.82, 2.24) is 15.6 Å². The van der Waals surface area contributed by atoms with Crippen molar-refractivity contribution >= 4 is 34.3 Å².